The molecule has 1 aliphatic rings. The largest absolute Gasteiger partial charge is 0.378 e. The van der Waals surface area contributed by atoms with E-state index in [1.54, 1.807) is 0 Å². The minimum Gasteiger partial charge on any atom is -0.378 e. The van der Waals surface area contributed by atoms with E-state index >= 15 is 0 Å². The van der Waals surface area contributed by atoms with Crippen LogP contribution >= 0.6 is 15.9 Å². The summed E-state index contributed by atoms with van der Waals surface area (Å²) < 4.78 is 5.74. The van der Waals surface area contributed by atoms with Crippen molar-refractivity contribution in [1.82, 2.24) is 0 Å². The van der Waals surface area contributed by atoms with Crippen LogP contribution in [0.25, 0.3) is 0 Å². The van der Waals surface area contributed by atoms with E-state index in [4.69, 9.17) is 4.74 Å². The highest BCUT2D eigenvalue weighted by Gasteiger charge is 2.38. The number of hydrogen-bond acceptors (Lipinski definition) is 1. The van der Waals surface area contributed by atoms with Gasteiger partial charge in [-0.1, -0.05) is 48.0 Å². The normalized spacial score (nSPS) is 18.9. The summed E-state index contributed by atoms with van der Waals surface area (Å²) in [6.45, 7) is 4.47. The molecular formula is C17H25BrO. The Balaban J connectivity index is 2.12. The van der Waals surface area contributed by atoms with Gasteiger partial charge >= 0.3 is 0 Å². The third-order valence-electron chi connectivity index (χ3n) is 4.60. The maximum Gasteiger partial charge on any atom is 0.0692 e. The lowest BCUT2D eigenvalue weighted by Gasteiger charge is -2.42. The molecule has 1 saturated carbocycles. The molecule has 1 unspecified atom stereocenters. The highest BCUT2D eigenvalue weighted by atomic mass is 79.9. The second-order valence-corrected chi connectivity index (χ2v) is 6.75. The van der Waals surface area contributed by atoms with Gasteiger partial charge in [-0.25, -0.2) is 0 Å². The van der Waals surface area contributed by atoms with Crippen molar-refractivity contribution in [3.8, 4) is 0 Å². The fourth-order valence-corrected chi connectivity index (χ4v) is 3.90. The molecule has 0 N–H and O–H groups in total. The van der Waals surface area contributed by atoms with Crippen LogP contribution in [0.2, 0.25) is 0 Å². The minimum atomic E-state index is 0.129. The van der Waals surface area contributed by atoms with Crippen molar-refractivity contribution >= 4 is 15.9 Å². The topological polar surface area (TPSA) is 9.23 Å². The van der Waals surface area contributed by atoms with Gasteiger partial charge < -0.3 is 4.74 Å². The number of halogens is 1. The summed E-state index contributed by atoms with van der Waals surface area (Å²) in [6, 6.07) is 6.95. The first-order valence-corrected chi connectivity index (χ1v) is 8.36. The van der Waals surface area contributed by atoms with Crippen molar-refractivity contribution < 1.29 is 4.74 Å². The highest BCUT2D eigenvalue weighted by molar-refractivity contribution is 9.09. The van der Waals surface area contributed by atoms with Crippen molar-refractivity contribution in [3.63, 3.8) is 0 Å². The van der Waals surface area contributed by atoms with Gasteiger partial charge in [-0.05, 0) is 55.2 Å². The van der Waals surface area contributed by atoms with Gasteiger partial charge in [-0.2, -0.15) is 0 Å². The first-order valence-electron chi connectivity index (χ1n) is 7.45. The fourth-order valence-electron chi connectivity index (χ4n) is 3.02. The number of hydrogen-bond donors (Lipinski definition) is 0. The maximum atomic E-state index is 5.74. The van der Waals surface area contributed by atoms with Crippen LogP contribution in [-0.4, -0.2) is 12.7 Å². The van der Waals surface area contributed by atoms with Gasteiger partial charge in [0.05, 0.1) is 5.60 Å². The molecule has 0 bridgehead atoms. The summed E-state index contributed by atoms with van der Waals surface area (Å²) in [5.74, 6) is 0. The first kappa shape index (κ1) is 15.1. The Kier molecular flexibility index (Phi) is 5.08. The molecule has 0 heterocycles. The van der Waals surface area contributed by atoms with Gasteiger partial charge in [0.15, 0.2) is 0 Å². The molecule has 0 amide bonds. The molecule has 1 nitrogen and oxygen atoms in total. The molecule has 1 aliphatic carbocycles. The van der Waals surface area contributed by atoms with Crippen LogP contribution in [0.4, 0.5) is 0 Å². The second kappa shape index (κ2) is 6.41. The Morgan fingerprint density at radius 3 is 2.37 bits per heavy atom. The maximum absolute atomic E-state index is 5.74. The van der Waals surface area contributed by atoms with Crippen molar-refractivity contribution in [2.24, 2.45) is 0 Å². The van der Waals surface area contributed by atoms with E-state index in [9.17, 15) is 0 Å². The zero-order valence-corrected chi connectivity index (χ0v) is 13.9. The van der Waals surface area contributed by atoms with Crippen molar-refractivity contribution in [2.75, 3.05) is 7.11 Å². The van der Waals surface area contributed by atoms with E-state index < -0.39 is 0 Å². The molecule has 1 aromatic carbocycles. The predicted octanol–water partition coefficient (Wildman–Crippen LogP) is 5.21. The van der Waals surface area contributed by atoms with Gasteiger partial charge in [0.25, 0.3) is 0 Å². The average molecular weight is 325 g/mol. The minimum absolute atomic E-state index is 0.129. The van der Waals surface area contributed by atoms with Gasteiger partial charge in [-0.3, -0.25) is 0 Å². The summed E-state index contributed by atoms with van der Waals surface area (Å²) in [5, 5.41) is 0. The lowest BCUT2D eigenvalue weighted by molar-refractivity contribution is -0.0773. The molecule has 1 atom stereocenters. The van der Waals surface area contributed by atoms with Crippen LogP contribution in [0, 0.1) is 0 Å². The SMILES string of the molecule is CCc1ccc(C(Br)CC2(OC)CCC2)cc1CC. The Morgan fingerprint density at radius 2 is 1.89 bits per heavy atom. The third kappa shape index (κ3) is 3.22. The van der Waals surface area contributed by atoms with Gasteiger partial charge in [-0.15, -0.1) is 0 Å². The van der Waals surface area contributed by atoms with E-state index in [2.05, 4.69) is 48.0 Å². The second-order valence-electron chi connectivity index (χ2n) is 5.65. The van der Waals surface area contributed by atoms with E-state index in [0.29, 0.717) is 4.83 Å². The molecule has 1 fully saturated rings. The fraction of sp³-hybridized carbons (Fsp3) is 0.647. The summed E-state index contributed by atoms with van der Waals surface area (Å²) >= 11 is 3.87. The zero-order chi connectivity index (χ0) is 13.9. The molecular weight excluding hydrogens is 300 g/mol. The van der Waals surface area contributed by atoms with Crippen LogP contribution in [0.3, 0.4) is 0 Å². The molecule has 2 heteroatoms. The average Bonchev–Trinajstić information content (AvgIpc) is 2.41. The monoisotopic (exact) mass is 324 g/mol. The van der Waals surface area contributed by atoms with Gasteiger partial charge in [0, 0.05) is 11.9 Å². The summed E-state index contributed by atoms with van der Waals surface area (Å²) in [6.07, 6.45) is 7.05. The van der Waals surface area contributed by atoms with Crippen LogP contribution in [0.5, 0.6) is 0 Å². The molecule has 19 heavy (non-hydrogen) atoms. The number of ether oxygens (including phenoxy) is 1. The van der Waals surface area contributed by atoms with Crippen LogP contribution in [0.15, 0.2) is 18.2 Å². The van der Waals surface area contributed by atoms with Crippen molar-refractivity contribution in [3.05, 3.63) is 34.9 Å². The van der Waals surface area contributed by atoms with Crippen molar-refractivity contribution in [1.29, 1.82) is 0 Å². The third-order valence-corrected chi connectivity index (χ3v) is 5.46. The van der Waals surface area contributed by atoms with Crippen LogP contribution in [-0.2, 0) is 17.6 Å². The van der Waals surface area contributed by atoms with E-state index in [1.165, 1.54) is 36.0 Å². The number of aryl methyl sites for hydroxylation is 2. The predicted molar refractivity (Wildman–Crippen MR) is 85.1 cm³/mol. The summed E-state index contributed by atoms with van der Waals surface area (Å²) in [4.78, 5) is 0.406. The van der Waals surface area contributed by atoms with Gasteiger partial charge in [0.2, 0.25) is 0 Å². The van der Waals surface area contributed by atoms with Crippen LogP contribution in [0.1, 0.15) is 61.0 Å². The zero-order valence-electron chi connectivity index (χ0n) is 12.3. The number of methoxy groups -OCH3 is 1. The molecule has 0 aromatic heterocycles. The lowest BCUT2D eigenvalue weighted by Crippen LogP contribution is -2.39. The molecule has 0 radical (unpaired) electrons. The number of alkyl halides is 1. The lowest BCUT2D eigenvalue weighted by atomic mass is 9.76. The number of rotatable bonds is 6. The Labute approximate surface area is 125 Å². The van der Waals surface area contributed by atoms with Gasteiger partial charge in [0.1, 0.15) is 0 Å². The number of benzene rings is 1. The highest BCUT2D eigenvalue weighted by Crippen LogP contribution is 2.44. The Morgan fingerprint density at radius 1 is 1.21 bits per heavy atom. The summed E-state index contributed by atoms with van der Waals surface area (Å²) in [5.41, 5.74) is 4.50. The molecule has 0 aliphatic heterocycles. The summed E-state index contributed by atoms with van der Waals surface area (Å²) in [7, 11) is 1.86. The Bertz CT molecular complexity index is 418. The molecule has 0 saturated heterocycles. The smallest absolute Gasteiger partial charge is 0.0692 e. The quantitative estimate of drug-likeness (QED) is 0.653. The van der Waals surface area contributed by atoms with Crippen LogP contribution < -0.4 is 0 Å². The van der Waals surface area contributed by atoms with E-state index in [-0.39, 0.29) is 5.60 Å². The van der Waals surface area contributed by atoms with E-state index in [0.717, 1.165) is 19.3 Å². The molecule has 0 spiro atoms. The molecule has 2 rings (SSSR count). The Hall–Kier alpha value is -0.340. The first-order chi connectivity index (χ1) is 9.14. The molecule has 106 valence electrons. The van der Waals surface area contributed by atoms with Crippen molar-refractivity contribution in [2.45, 2.75) is 62.8 Å². The van der Waals surface area contributed by atoms with E-state index in [1.807, 2.05) is 7.11 Å². The molecule has 1 aromatic rings. The standard InChI is InChI=1S/C17H25BrO/c1-4-13-7-8-15(11-14(13)5-2)16(18)12-17(19-3)9-6-10-17/h7-8,11,16H,4-6,9-10,12H2,1-3H3.